The normalized spacial score (nSPS) is 12.2. The van der Waals surface area contributed by atoms with Gasteiger partial charge in [0.15, 0.2) is 0 Å². The Morgan fingerprint density at radius 3 is 2.71 bits per heavy atom. The van der Waals surface area contributed by atoms with E-state index in [9.17, 15) is 4.79 Å². The molecule has 1 atom stereocenters. The lowest BCUT2D eigenvalue weighted by Crippen LogP contribution is -2.40. The van der Waals surface area contributed by atoms with Crippen molar-refractivity contribution in [3.63, 3.8) is 0 Å². The smallest absolute Gasteiger partial charge is 0.326 e. The quantitative estimate of drug-likeness (QED) is 0.877. The van der Waals surface area contributed by atoms with Crippen molar-refractivity contribution in [2.45, 2.75) is 33.2 Å². The molecule has 1 aromatic rings. The number of carboxylic acids is 1. The van der Waals surface area contributed by atoms with Crippen LogP contribution in [0, 0.1) is 6.92 Å². The molecule has 0 radical (unpaired) electrons. The summed E-state index contributed by atoms with van der Waals surface area (Å²) in [6.45, 7) is 6.34. The summed E-state index contributed by atoms with van der Waals surface area (Å²) in [6, 6.07) is 5.03. The van der Waals surface area contributed by atoms with Gasteiger partial charge in [0.2, 0.25) is 0 Å². The van der Waals surface area contributed by atoms with Gasteiger partial charge in [0.05, 0.1) is 0 Å². The van der Waals surface area contributed by atoms with E-state index in [1.807, 2.05) is 36.9 Å². The topological polar surface area (TPSA) is 40.5 Å². The molecule has 1 rings (SSSR count). The van der Waals surface area contributed by atoms with E-state index in [1.165, 1.54) is 0 Å². The lowest BCUT2D eigenvalue weighted by atomic mass is 10.1. The van der Waals surface area contributed by atoms with E-state index in [-0.39, 0.29) is 0 Å². The van der Waals surface area contributed by atoms with Gasteiger partial charge in [0.25, 0.3) is 0 Å². The van der Waals surface area contributed by atoms with Crippen LogP contribution in [0.4, 0.5) is 5.69 Å². The zero-order valence-corrected chi connectivity index (χ0v) is 11.2. The monoisotopic (exact) mass is 255 g/mol. The van der Waals surface area contributed by atoms with Crippen LogP contribution in [0.25, 0.3) is 0 Å². The Kier molecular flexibility index (Phi) is 4.82. The SMILES string of the molecule is CCCN(c1cccc(Cl)c1C)[C@@H](C)C(=O)O. The predicted octanol–water partition coefficient (Wildman–Crippen LogP) is 3.34. The van der Waals surface area contributed by atoms with Crippen molar-refractivity contribution in [3.8, 4) is 0 Å². The molecular formula is C13H18ClNO2. The van der Waals surface area contributed by atoms with Crippen molar-refractivity contribution in [2.24, 2.45) is 0 Å². The Morgan fingerprint density at radius 1 is 1.53 bits per heavy atom. The fourth-order valence-electron chi connectivity index (χ4n) is 1.80. The minimum Gasteiger partial charge on any atom is -0.480 e. The fraction of sp³-hybridized carbons (Fsp3) is 0.462. The first-order chi connectivity index (χ1) is 7.99. The van der Waals surface area contributed by atoms with Gasteiger partial charge in [-0.05, 0) is 38.0 Å². The molecule has 0 heterocycles. The molecule has 0 saturated heterocycles. The van der Waals surface area contributed by atoms with E-state index < -0.39 is 12.0 Å². The molecule has 0 unspecified atom stereocenters. The summed E-state index contributed by atoms with van der Waals surface area (Å²) in [5.41, 5.74) is 1.82. The highest BCUT2D eigenvalue weighted by Gasteiger charge is 2.21. The molecule has 0 fully saturated rings. The van der Waals surface area contributed by atoms with E-state index in [4.69, 9.17) is 16.7 Å². The molecule has 0 aliphatic heterocycles. The Bertz CT molecular complexity index is 406. The largest absolute Gasteiger partial charge is 0.480 e. The molecule has 0 aliphatic carbocycles. The van der Waals surface area contributed by atoms with E-state index in [0.717, 1.165) is 17.7 Å². The number of hydrogen-bond donors (Lipinski definition) is 1. The molecule has 0 spiro atoms. The molecule has 1 N–H and O–H groups in total. The number of halogens is 1. The fourth-order valence-corrected chi connectivity index (χ4v) is 1.97. The van der Waals surface area contributed by atoms with Gasteiger partial charge in [-0.2, -0.15) is 0 Å². The van der Waals surface area contributed by atoms with Crippen molar-refractivity contribution >= 4 is 23.3 Å². The van der Waals surface area contributed by atoms with Gasteiger partial charge in [-0.15, -0.1) is 0 Å². The lowest BCUT2D eigenvalue weighted by molar-refractivity contribution is -0.138. The van der Waals surface area contributed by atoms with Crippen LogP contribution >= 0.6 is 11.6 Å². The highest BCUT2D eigenvalue weighted by atomic mass is 35.5. The number of hydrogen-bond acceptors (Lipinski definition) is 2. The van der Waals surface area contributed by atoms with Crippen LogP contribution in [0.1, 0.15) is 25.8 Å². The summed E-state index contributed by atoms with van der Waals surface area (Å²) >= 11 is 6.07. The van der Waals surface area contributed by atoms with E-state index >= 15 is 0 Å². The molecule has 94 valence electrons. The van der Waals surface area contributed by atoms with Crippen LogP contribution in [-0.4, -0.2) is 23.7 Å². The number of anilines is 1. The van der Waals surface area contributed by atoms with Crippen molar-refractivity contribution in [2.75, 3.05) is 11.4 Å². The molecule has 0 amide bonds. The molecule has 0 aromatic heterocycles. The summed E-state index contributed by atoms with van der Waals surface area (Å²) in [5.74, 6) is -0.821. The highest BCUT2D eigenvalue weighted by molar-refractivity contribution is 6.31. The van der Waals surface area contributed by atoms with E-state index in [1.54, 1.807) is 6.92 Å². The number of carbonyl (C=O) groups is 1. The van der Waals surface area contributed by atoms with Crippen LogP contribution in [0.3, 0.4) is 0 Å². The zero-order valence-electron chi connectivity index (χ0n) is 10.4. The molecule has 4 heteroatoms. The van der Waals surface area contributed by atoms with Gasteiger partial charge >= 0.3 is 5.97 Å². The second-order valence-electron chi connectivity index (χ2n) is 4.09. The van der Waals surface area contributed by atoms with E-state index in [2.05, 4.69) is 0 Å². The predicted molar refractivity (Wildman–Crippen MR) is 70.9 cm³/mol. The zero-order chi connectivity index (χ0) is 13.0. The maximum atomic E-state index is 11.1. The maximum Gasteiger partial charge on any atom is 0.326 e. The minimum atomic E-state index is -0.821. The minimum absolute atomic E-state index is 0.549. The first-order valence-electron chi connectivity index (χ1n) is 5.73. The Hall–Kier alpha value is -1.22. The van der Waals surface area contributed by atoms with Gasteiger partial charge in [0, 0.05) is 17.3 Å². The molecular weight excluding hydrogens is 238 g/mol. The van der Waals surface area contributed by atoms with Crippen LogP contribution in [0.5, 0.6) is 0 Å². The molecule has 0 bridgehead atoms. The summed E-state index contributed by atoms with van der Waals surface area (Å²) < 4.78 is 0. The average Bonchev–Trinajstić information content (AvgIpc) is 2.29. The standard InChI is InChI=1S/C13H18ClNO2/c1-4-8-15(10(3)13(16)17)12-7-5-6-11(14)9(12)2/h5-7,10H,4,8H2,1-3H3,(H,16,17)/t10-/m0/s1. The summed E-state index contributed by atoms with van der Waals surface area (Å²) in [7, 11) is 0. The van der Waals surface area contributed by atoms with Crippen molar-refractivity contribution in [3.05, 3.63) is 28.8 Å². The number of nitrogens with zero attached hydrogens (tertiary/aromatic N) is 1. The Balaban J connectivity index is 3.13. The third-order valence-electron chi connectivity index (χ3n) is 2.84. The lowest BCUT2D eigenvalue weighted by Gasteiger charge is -2.30. The molecule has 3 nitrogen and oxygen atoms in total. The second kappa shape index (κ2) is 5.92. The van der Waals surface area contributed by atoms with Crippen LogP contribution in [0.2, 0.25) is 5.02 Å². The van der Waals surface area contributed by atoms with Gasteiger partial charge < -0.3 is 10.0 Å². The first kappa shape index (κ1) is 13.8. The molecule has 0 aliphatic rings. The second-order valence-corrected chi connectivity index (χ2v) is 4.50. The highest BCUT2D eigenvalue weighted by Crippen LogP contribution is 2.28. The van der Waals surface area contributed by atoms with Crippen molar-refractivity contribution in [1.29, 1.82) is 0 Å². The maximum absolute atomic E-state index is 11.1. The Morgan fingerprint density at radius 2 is 2.18 bits per heavy atom. The van der Waals surface area contributed by atoms with Gasteiger partial charge in [0.1, 0.15) is 6.04 Å². The van der Waals surface area contributed by atoms with Crippen LogP contribution < -0.4 is 4.90 Å². The van der Waals surface area contributed by atoms with Gasteiger partial charge in [-0.1, -0.05) is 24.6 Å². The van der Waals surface area contributed by atoms with Gasteiger partial charge in [-0.25, -0.2) is 4.79 Å². The summed E-state index contributed by atoms with van der Waals surface area (Å²) in [5, 5.41) is 9.79. The van der Waals surface area contributed by atoms with Crippen molar-refractivity contribution in [1.82, 2.24) is 0 Å². The van der Waals surface area contributed by atoms with Gasteiger partial charge in [-0.3, -0.25) is 0 Å². The summed E-state index contributed by atoms with van der Waals surface area (Å²) in [4.78, 5) is 13.0. The third-order valence-corrected chi connectivity index (χ3v) is 3.25. The molecule has 0 saturated carbocycles. The molecule has 1 aromatic carbocycles. The first-order valence-corrected chi connectivity index (χ1v) is 6.11. The number of carboxylic acid groups (broad SMARTS) is 1. The van der Waals surface area contributed by atoms with Crippen LogP contribution in [0.15, 0.2) is 18.2 Å². The summed E-state index contributed by atoms with van der Waals surface area (Å²) in [6.07, 6.45) is 0.892. The number of benzene rings is 1. The van der Waals surface area contributed by atoms with Crippen molar-refractivity contribution < 1.29 is 9.90 Å². The Labute approximate surface area is 107 Å². The van der Waals surface area contributed by atoms with Crippen LogP contribution in [-0.2, 0) is 4.79 Å². The number of rotatable bonds is 5. The third kappa shape index (κ3) is 3.13. The average molecular weight is 256 g/mol. The van der Waals surface area contributed by atoms with E-state index in [0.29, 0.717) is 11.6 Å². The molecule has 17 heavy (non-hydrogen) atoms. The number of aliphatic carboxylic acids is 1.